The van der Waals surface area contributed by atoms with Gasteiger partial charge in [0.1, 0.15) is 17.1 Å². The first-order valence-corrected chi connectivity index (χ1v) is 9.99. The van der Waals surface area contributed by atoms with Gasteiger partial charge in [0.05, 0.1) is 24.3 Å². The van der Waals surface area contributed by atoms with Crippen LogP contribution < -0.4 is 10.5 Å². The zero-order chi connectivity index (χ0) is 21.3. The van der Waals surface area contributed by atoms with Gasteiger partial charge in [-0.25, -0.2) is 0 Å². The molecular formula is C22H22ClN3O4. The highest BCUT2D eigenvalue weighted by atomic mass is 35.5. The second kappa shape index (κ2) is 8.47. The molecule has 0 spiro atoms. The van der Waals surface area contributed by atoms with Crippen molar-refractivity contribution in [2.24, 2.45) is 11.7 Å². The topological polar surface area (TPSA) is 108 Å². The molecule has 2 heterocycles. The molecule has 30 heavy (non-hydrogen) atoms. The molecule has 0 amide bonds. The average Bonchev–Trinajstić information content (AvgIpc) is 3.38. The maximum absolute atomic E-state index is 9.21. The quantitative estimate of drug-likeness (QED) is 0.434. The lowest BCUT2D eigenvalue weighted by molar-refractivity contribution is 0.254. The fourth-order valence-corrected chi connectivity index (χ4v) is 3.18. The number of nitrogens with two attached hydrogens (primary N) is 1. The first-order chi connectivity index (χ1) is 14.4. The Morgan fingerprint density at radius 1 is 1.13 bits per heavy atom. The predicted molar refractivity (Wildman–Crippen MR) is 114 cm³/mol. The van der Waals surface area contributed by atoms with Crippen molar-refractivity contribution in [3.63, 3.8) is 0 Å². The Morgan fingerprint density at radius 2 is 1.93 bits per heavy atom. The summed E-state index contributed by atoms with van der Waals surface area (Å²) in [6.45, 7) is 4.55. The molecule has 0 aliphatic carbocycles. The molecule has 0 saturated carbocycles. The Bertz CT molecular complexity index is 1170. The number of nitrogens with zero attached hydrogens (tertiary/aromatic N) is 2. The van der Waals surface area contributed by atoms with Gasteiger partial charge in [0.15, 0.2) is 0 Å². The van der Waals surface area contributed by atoms with Gasteiger partial charge in [-0.3, -0.25) is 0 Å². The molecule has 0 bridgehead atoms. The highest BCUT2D eigenvalue weighted by Gasteiger charge is 2.15. The highest BCUT2D eigenvalue weighted by molar-refractivity contribution is 6.32. The van der Waals surface area contributed by atoms with Gasteiger partial charge in [-0.2, -0.15) is 4.98 Å². The summed E-state index contributed by atoms with van der Waals surface area (Å²) in [4.78, 5) is 4.49. The molecule has 156 valence electrons. The van der Waals surface area contributed by atoms with E-state index in [4.69, 9.17) is 31.0 Å². The zero-order valence-electron chi connectivity index (χ0n) is 16.6. The van der Waals surface area contributed by atoms with Crippen LogP contribution in [0.4, 0.5) is 0 Å². The van der Waals surface area contributed by atoms with Gasteiger partial charge in [0.25, 0.3) is 5.89 Å². The summed E-state index contributed by atoms with van der Waals surface area (Å²) in [5.41, 5.74) is 7.97. The van der Waals surface area contributed by atoms with Crippen LogP contribution in [0.25, 0.3) is 33.8 Å². The molecule has 0 aliphatic heterocycles. The molecule has 3 N–H and O–H groups in total. The Kier molecular flexibility index (Phi) is 5.76. The maximum atomic E-state index is 9.21. The molecule has 2 aromatic carbocycles. The Balaban J connectivity index is 1.58. The Morgan fingerprint density at radius 3 is 2.67 bits per heavy atom. The maximum Gasteiger partial charge on any atom is 0.258 e. The Hall–Kier alpha value is -2.87. The number of ether oxygens (including phenoxy) is 1. The van der Waals surface area contributed by atoms with Crippen LogP contribution in [0.3, 0.4) is 0 Å². The van der Waals surface area contributed by atoms with Crippen LogP contribution in [0, 0.1) is 5.92 Å². The second-order valence-electron chi connectivity index (χ2n) is 7.46. The fraction of sp³-hybridized carbons (Fsp3) is 0.273. The fourth-order valence-electron chi connectivity index (χ4n) is 2.94. The minimum absolute atomic E-state index is 0.190. The van der Waals surface area contributed by atoms with Crippen LogP contribution >= 0.6 is 11.6 Å². The van der Waals surface area contributed by atoms with Crippen molar-refractivity contribution in [2.45, 2.75) is 19.9 Å². The molecule has 8 heteroatoms. The van der Waals surface area contributed by atoms with Crippen LogP contribution in [0.2, 0.25) is 5.02 Å². The van der Waals surface area contributed by atoms with E-state index in [1.807, 2.05) is 24.3 Å². The van der Waals surface area contributed by atoms with Gasteiger partial charge >= 0.3 is 0 Å². The second-order valence-corrected chi connectivity index (χ2v) is 7.87. The predicted octanol–water partition coefficient (Wildman–Crippen LogP) is 4.83. The first-order valence-electron chi connectivity index (χ1n) is 9.61. The molecule has 0 fully saturated rings. The molecule has 1 unspecified atom stereocenters. The van der Waals surface area contributed by atoms with Crippen molar-refractivity contribution in [1.82, 2.24) is 10.1 Å². The van der Waals surface area contributed by atoms with Crippen molar-refractivity contribution in [1.29, 1.82) is 0 Å². The van der Waals surface area contributed by atoms with Gasteiger partial charge in [-0.15, -0.1) is 0 Å². The molecule has 0 radical (unpaired) electrons. The van der Waals surface area contributed by atoms with Crippen molar-refractivity contribution in [2.75, 3.05) is 13.2 Å². The molecule has 1 atom stereocenters. The van der Waals surface area contributed by atoms with Crippen LogP contribution in [0.15, 0.2) is 51.4 Å². The summed E-state index contributed by atoms with van der Waals surface area (Å²) in [6, 6.07) is 12.2. The summed E-state index contributed by atoms with van der Waals surface area (Å²) in [6.07, 6.45) is 0. The summed E-state index contributed by atoms with van der Waals surface area (Å²) >= 11 is 6.34. The van der Waals surface area contributed by atoms with Gasteiger partial charge in [-0.1, -0.05) is 30.6 Å². The number of aromatic nitrogens is 2. The number of aliphatic hydroxyl groups excluding tert-OH is 1. The van der Waals surface area contributed by atoms with Gasteiger partial charge in [-0.05, 0) is 48.4 Å². The largest absolute Gasteiger partial charge is 0.492 e. The summed E-state index contributed by atoms with van der Waals surface area (Å²) in [7, 11) is 0. The van der Waals surface area contributed by atoms with E-state index in [1.165, 1.54) is 0 Å². The smallest absolute Gasteiger partial charge is 0.258 e. The minimum Gasteiger partial charge on any atom is -0.492 e. The zero-order valence-corrected chi connectivity index (χ0v) is 17.4. The lowest BCUT2D eigenvalue weighted by atomic mass is 10.1. The molecule has 2 aromatic heterocycles. The van der Waals surface area contributed by atoms with Crippen molar-refractivity contribution in [3.8, 4) is 28.6 Å². The summed E-state index contributed by atoms with van der Waals surface area (Å²) < 4.78 is 16.8. The standard InChI is InChI=1S/C22H22ClN3O4/c1-12(2)11-28-19-6-4-14(8-16(19)23)22-25-21(26-30-22)13-3-5-18-15(7-13)9-20(29-18)17(24)10-27/h3-9,12,17,27H,10-11,24H2,1-2H3. The third-order valence-electron chi connectivity index (χ3n) is 4.53. The molecule has 0 saturated heterocycles. The number of aliphatic hydroxyl groups is 1. The van der Waals surface area contributed by atoms with Crippen molar-refractivity contribution in [3.05, 3.63) is 53.2 Å². The lowest BCUT2D eigenvalue weighted by Crippen LogP contribution is -2.13. The first kappa shape index (κ1) is 20.4. The van der Waals surface area contributed by atoms with Gasteiger partial charge < -0.3 is 24.5 Å². The van der Waals surface area contributed by atoms with Gasteiger partial charge in [0.2, 0.25) is 5.82 Å². The van der Waals surface area contributed by atoms with E-state index < -0.39 is 6.04 Å². The number of hydrogen-bond donors (Lipinski definition) is 2. The van der Waals surface area contributed by atoms with E-state index in [2.05, 4.69) is 24.0 Å². The van der Waals surface area contributed by atoms with E-state index >= 15 is 0 Å². The summed E-state index contributed by atoms with van der Waals surface area (Å²) in [5.74, 6) is 2.35. The van der Waals surface area contributed by atoms with Crippen LogP contribution in [0.1, 0.15) is 25.6 Å². The number of halogens is 1. The third kappa shape index (κ3) is 4.18. The van der Waals surface area contributed by atoms with E-state index in [9.17, 15) is 5.11 Å². The van der Waals surface area contributed by atoms with Crippen molar-refractivity contribution >= 4 is 22.6 Å². The minimum atomic E-state index is -0.560. The number of benzene rings is 2. The SMILES string of the molecule is CC(C)COc1ccc(-c2nc(-c3ccc4oc(C(N)CO)cc4c3)no2)cc1Cl. The normalized spacial score (nSPS) is 12.6. The third-order valence-corrected chi connectivity index (χ3v) is 4.83. The molecule has 0 aliphatic rings. The van der Waals surface area contributed by atoms with E-state index in [0.717, 1.165) is 10.9 Å². The van der Waals surface area contributed by atoms with Crippen LogP contribution in [-0.4, -0.2) is 28.5 Å². The average molecular weight is 428 g/mol. The monoisotopic (exact) mass is 427 g/mol. The number of rotatable bonds is 7. The van der Waals surface area contributed by atoms with Crippen LogP contribution in [0.5, 0.6) is 5.75 Å². The van der Waals surface area contributed by atoms with Crippen LogP contribution in [-0.2, 0) is 0 Å². The number of hydrogen-bond acceptors (Lipinski definition) is 7. The van der Waals surface area contributed by atoms with Crippen molar-refractivity contribution < 1.29 is 18.8 Å². The molecular weight excluding hydrogens is 406 g/mol. The molecule has 7 nitrogen and oxygen atoms in total. The van der Waals surface area contributed by atoms with E-state index in [1.54, 1.807) is 18.2 Å². The van der Waals surface area contributed by atoms with E-state index in [-0.39, 0.29) is 6.61 Å². The molecule has 4 aromatic rings. The van der Waals surface area contributed by atoms with Gasteiger partial charge in [0, 0.05) is 16.5 Å². The van der Waals surface area contributed by atoms with E-state index in [0.29, 0.717) is 51.9 Å². The highest BCUT2D eigenvalue weighted by Crippen LogP contribution is 2.32. The molecule has 4 rings (SSSR count). The Labute approximate surface area is 178 Å². The summed E-state index contributed by atoms with van der Waals surface area (Å²) in [5, 5.41) is 14.6. The number of furan rings is 1. The lowest BCUT2D eigenvalue weighted by Gasteiger charge is -2.10. The number of fused-ring (bicyclic) bond motifs is 1.